The number of rotatable bonds is 4. The Morgan fingerprint density at radius 1 is 1.26 bits per heavy atom. The van der Waals surface area contributed by atoms with Crippen LogP contribution in [0.5, 0.6) is 5.75 Å². The van der Waals surface area contributed by atoms with Gasteiger partial charge < -0.3 is 20.6 Å². The summed E-state index contributed by atoms with van der Waals surface area (Å²) < 4.78 is 0. The van der Waals surface area contributed by atoms with Crippen LogP contribution in [-0.2, 0) is 4.79 Å². The Morgan fingerprint density at radius 2 is 1.79 bits per heavy atom. The van der Waals surface area contributed by atoms with Crippen LogP contribution < -0.4 is 10.2 Å². The maximum atomic E-state index is 11.8. The number of carbonyl (C=O) groups is 2. The fourth-order valence-electron chi connectivity index (χ4n) is 1.41. The molecule has 0 heterocycles. The topological polar surface area (TPSA) is 110 Å². The Morgan fingerprint density at radius 3 is 2.21 bits per heavy atom. The van der Waals surface area contributed by atoms with E-state index in [4.69, 9.17) is 10.2 Å². The molecule has 1 rings (SSSR count). The molecule has 0 saturated carbocycles. The highest BCUT2D eigenvalue weighted by Gasteiger charge is 2.26. The Hall–Kier alpha value is -2.28. The second-order valence-corrected chi connectivity index (χ2v) is 4.08. The lowest BCUT2D eigenvalue weighted by Crippen LogP contribution is -2.51. The number of nitrogens with zero attached hydrogens (tertiary/aromatic N) is 1. The number of aliphatic hydroxyl groups is 1. The highest BCUT2D eigenvalue weighted by atomic mass is 16.4. The van der Waals surface area contributed by atoms with E-state index in [1.54, 1.807) is 0 Å². The van der Waals surface area contributed by atoms with Crippen molar-refractivity contribution in [1.82, 2.24) is 5.32 Å². The minimum absolute atomic E-state index is 0.0601. The van der Waals surface area contributed by atoms with Gasteiger partial charge in [0.25, 0.3) is 0 Å². The van der Waals surface area contributed by atoms with Gasteiger partial charge in [0.15, 0.2) is 6.04 Å². The zero-order valence-corrected chi connectivity index (χ0v) is 10.6. The van der Waals surface area contributed by atoms with Crippen LogP contribution in [0.2, 0.25) is 0 Å². The number of benzene rings is 1. The van der Waals surface area contributed by atoms with Gasteiger partial charge in [-0.3, -0.25) is 4.90 Å². The summed E-state index contributed by atoms with van der Waals surface area (Å²) in [6.07, 6.45) is -1.21. The first-order valence-corrected chi connectivity index (χ1v) is 5.57. The maximum Gasteiger partial charge on any atom is 0.328 e. The van der Waals surface area contributed by atoms with Crippen molar-refractivity contribution in [3.63, 3.8) is 0 Å². The first-order valence-electron chi connectivity index (χ1n) is 5.57. The minimum Gasteiger partial charge on any atom is -0.508 e. The van der Waals surface area contributed by atoms with Gasteiger partial charge in [0.1, 0.15) is 5.75 Å². The smallest absolute Gasteiger partial charge is 0.328 e. The van der Waals surface area contributed by atoms with Crippen molar-refractivity contribution in [3.8, 4) is 5.75 Å². The average molecular weight is 268 g/mol. The number of anilines is 1. The van der Waals surface area contributed by atoms with Gasteiger partial charge in [-0.1, -0.05) is 0 Å². The van der Waals surface area contributed by atoms with Gasteiger partial charge in [0.05, 0.1) is 6.10 Å². The van der Waals surface area contributed by atoms with Gasteiger partial charge in [-0.15, -0.1) is 0 Å². The Balaban J connectivity index is 2.77. The van der Waals surface area contributed by atoms with Crippen LogP contribution in [0.1, 0.15) is 6.92 Å². The predicted octanol–water partition coefficient (Wildman–Crippen LogP) is 0.372. The molecule has 4 N–H and O–H groups in total. The van der Waals surface area contributed by atoms with Crippen molar-refractivity contribution in [2.75, 3.05) is 11.9 Å². The number of carboxylic acid groups (broad SMARTS) is 1. The van der Waals surface area contributed by atoms with Crippen molar-refractivity contribution in [2.24, 2.45) is 0 Å². The standard InChI is InChI=1S/C12H16N2O5/c1-7(15)10(11(17)18)13-12(19)14(2)8-3-5-9(16)6-4-8/h3-7,10,15-16H,1-2H3,(H,13,19)(H,17,18)/t7-,10+/m1/s1. The van der Waals surface area contributed by atoms with Crippen molar-refractivity contribution in [2.45, 2.75) is 19.1 Å². The molecule has 7 nitrogen and oxygen atoms in total. The first-order chi connectivity index (χ1) is 8.82. The maximum absolute atomic E-state index is 11.8. The van der Waals surface area contributed by atoms with Crippen molar-refractivity contribution in [1.29, 1.82) is 0 Å². The molecule has 0 aliphatic rings. The summed E-state index contributed by atoms with van der Waals surface area (Å²) in [6, 6.07) is 3.77. The lowest BCUT2D eigenvalue weighted by molar-refractivity contribution is -0.141. The molecule has 0 spiro atoms. The minimum atomic E-state index is -1.38. The Labute approximate surface area is 110 Å². The molecular weight excluding hydrogens is 252 g/mol. The number of hydrogen-bond acceptors (Lipinski definition) is 4. The van der Waals surface area contributed by atoms with E-state index in [0.29, 0.717) is 5.69 Å². The second-order valence-electron chi connectivity index (χ2n) is 4.08. The number of phenols is 1. The first kappa shape index (κ1) is 14.8. The lowest BCUT2D eigenvalue weighted by atomic mass is 10.2. The highest BCUT2D eigenvalue weighted by Crippen LogP contribution is 2.17. The molecule has 2 amide bonds. The summed E-state index contributed by atoms with van der Waals surface area (Å²) in [5.41, 5.74) is 0.477. The van der Waals surface area contributed by atoms with E-state index in [0.717, 1.165) is 0 Å². The number of carboxylic acids is 1. The molecule has 0 fully saturated rings. The van der Waals surface area contributed by atoms with Crippen LogP contribution in [0, 0.1) is 0 Å². The Kier molecular flexibility index (Phi) is 4.71. The van der Waals surface area contributed by atoms with E-state index < -0.39 is 24.1 Å². The lowest BCUT2D eigenvalue weighted by Gasteiger charge is -2.22. The number of hydrogen-bond donors (Lipinski definition) is 4. The van der Waals surface area contributed by atoms with Gasteiger partial charge >= 0.3 is 12.0 Å². The summed E-state index contributed by atoms with van der Waals surface area (Å²) in [5, 5.41) is 29.5. The monoisotopic (exact) mass is 268 g/mol. The normalized spacial score (nSPS) is 13.4. The third-order valence-electron chi connectivity index (χ3n) is 2.57. The summed E-state index contributed by atoms with van der Waals surface area (Å²) in [6.45, 7) is 1.28. The second kappa shape index (κ2) is 6.05. The van der Waals surface area contributed by atoms with E-state index >= 15 is 0 Å². The fraction of sp³-hybridized carbons (Fsp3) is 0.333. The summed E-state index contributed by atoms with van der Waals surface area (Å²) in [4.78, 5) is 23.9. The SMILES string of the molecule is C[C@@H](O)[C@H](NC(=O)N(C)c1ccc(O)cc1)C(=O)O. The number of carbonyl (C=O) groups excluding carboxylic acids is 1. The fourth-order valence-corrected chi connectivity index (χ4v) is 1.41. The van der Waals surface area contributed by atoms with Crippen LogP contribution >= 0.6 is 0 Å². The summed E-state index contributed by atoms with van der Waals surface area (Å²) in [7, 11) is 1.45. The number of aliphatic hydroxyl groups excluding tert-OH is 1. The molecule has 0 aliphatic carbocycles. The molecule has 104 valence electrons. The van der Waals surface area contributed by atoms with Crippen LogP contribution in [0.15, 0.2) is 24.3 Å². The van der Waals surface area contributed by atoms with E-state index in [1.165, 1.54) is 43.1 Å². The van der Waals surface area contributed by atoms with Gasteiger partial charge in [-0.05, 0) is 31.2 Å². The molecular formula is C12H16N2O5. The number of phenolic OH excluding ortho intramolecular Hbond substituents is 1. The van der Waals surface area contributed by atoms with Gasteiger partial charge in [-0.2, -0.15) is 0 Å². The van der Waals surface area contributed by atoms with E-state index in [2.05, 4.69) is 5.32 Å². The number of urea groups is 1. The predicted molar refractivity (Wildman–Crippen MR) is 68.1 cm³/mol. The molecule has 0 saturated heterocycles. The average Bonchev–Trinajstić information content (AvgIpc) is 2.34. The van der Waals surface area contributed by atoms with Crippen LogP contribution in [0.4, 0.5) is 10.5 Å². The molecule has 0 radical (unpaired) electrons. The van der Waals surface area contributed by atoms with E-state index in [-0.39, 0.29) is 5.75 Å². The number of amides is 2. The third kappa shape index (κ3) is 3.85. The van der Waals surface area contributed by atoms with Crippen LogP contribution in [-0.4, -0.2) is 46.5 Å². The van der Waals surface area contributed by atoms with Crippen molar-refractivity contribution >= 4 is 17.7 Å². The zero-order chi connectivity index (χ0) is 14.6. The molecule has 0 bridgehead atoms. The molecule has 1 aromatic rings. The van der Waals surface area contributed by atoms with Crippen LogP contribution in [0.3, 0.4) is 0 Å². The van der Waals surface area contributed by atoms with Gasteiger partial charge in [-0.25, -0.2) is 9.59 Å². The zero-order valence-electron chi connectivity index (χ0n) is 10.6. The molecule has 19 heavy (non-hydrogen) atoms. The van der Waals surface area contributed by atoms with Crippen molar-refractivity contribution < 1.29 is 24.9 Å². The summed E-state index contributed by atoms with van der Waals surface area (Å²) >= 11 is 0. The summed E-state index contributed by atoms with van der Waals surface area (Å²) in [5.74, 6) is -1.26. The Bertz CT molecular complexity index is 458. The van der Waals surface area contributed by atoms with Crippen molar-refractivity contribution in [3.05, 3.63) is 24.3 Å². The molecule has 0 aromatic heterocycles. The van der Waals surface area contributed by atoms with E-state index in [9.17, 15) is 14.7 Å². The third-order valence-corrected chi connectivity index (χ3v) is 2.57. The molecule has 2 atom stereocenters. The molecule has 1 aromatic carbocycles. The van der Waals surface area contributed by atoms with Gasteiger partial charge in [0.2, 0.25) is 0 Å². The molecule has 0 aliphatic heterocycles. The quantitative estimate of drug-likeness (QED) is 0.630. The van der Waals surface area contributed by atoms with E-state index in [1.807, 2.05) is 0 Å². The van der Waals surface area contributed by atoms with Gasteiger partial charge in [0, 0.05) is 12.7 Å². The highest BCUT2D eigenvalue weighted by molar-refractivity contribution is 5.94. The number of nitrogens with one attached hydrogen (secondary N) is 1. The number of aromatic hydroxyl groups is 1. The molecule has 0 unspecified atom stereocenters. The largest absolute Gasteiger partial charge is 0.508 e. The number of aliphatic carboxylic acids is 1. The molecule has 7 heteroatoms. The van der Waals surface area contributed by atoms with Crippen LogP contribution in [0.25, 0.3) is 0 Å².